The van der Waals surface area contributed by atoms with Crippen LogP contribution in [0.2, 0.25) is 5.02 Å². The van der Waals surface area contributed by atoms with E-state index >= 15 is 0 Å². The number of ether oxygens (including phenoxy) is 2. The Kier molecular flexibility index (Phi) is 6.35. The molecule has 0 saturated heterocycles. The Labute approximate surface area is 156 Å². The molecule has 0 aliphatic carbocycles. The van der Waals surface area contributed by atoms with Gasteiger partial charge in [-0.3, -0.25) is 4.79 Å². The van der Waals surface area contributed by atoms with Crippen molar-refractivity contribution >= 4 is 29.3 Å². The van der Waals surface area contributed by atoms with Gasteiger partial charge < -0.3 is 14.0 Å². The lowest BCUT2D eigenvalue weighted by molar-refractivity contribution is -0.145. The molecule has 2 rings (SSSR count). The van der Waals surface area contributed by atoms with E-state index in [0.29, 0.717) is 28.4 Å². The van der Waals surface area contributed by atoms with Crippen molar-refractivity contribution in [2.75, 3.05) is 6.61 Å². The second kappa shape index (κ2) is 8.10. The van der Waals surface area contributed by atoms with E-state index in [0.717, 1.165) is 5.56 Å². The van der Waals surface area contributed by atoms with Crippen molar-refractivity contribution in [2.24, 2.45) is 7.05 Å². The molecule has 25 heavy (non-hydrogen) atoms. The van der Waals surface area contributed by atoms with Crippen LogP contribution in [0.15, 0.2) is 23.4 Å². The van der Waals surface area contributed by atoms with E-state index in [1.54, 1.807) is 26.8 Å². The third kappa shape index (κ3) is 4.89. The summed E-state index contributed by atoms with van der Waals surface area (Å²) in [5, 5.41) is 9.63. The molecule has 0 bridgehead atoms. The Morgan fingerprint density at radius 1 is 1.36 bits per heavy atom. The van der Waals surface area contributed by atoms with Gasteiger partial charge in [-0.25, -0.2) is 0 Å². The van der Waals surface area contributed by atoms with E-state index in [1.165, 1.54) is 11.8 Å². The molecular formula is C17H22ClN3O3S. The van der Waals surface area contributed by atoms with Gasteiger partial charge in [-0.15, -0.1) is 10.2 Å². The molecule has 0 radical (unpaired) electrons. The summed E-state index contributed by atoms with van der Waals surface area (Å²) >= 11 is 7.32. The highest BCUT2D eigenvalue weighted by Gasteiger charge is 2.32. The SMILES string of the molecule is CCOC(=O)C(C)(C)Sc1nnc(COc2ccc(Cl)c(C)c2)n1C. The highest BCUT2D eigenvalue weighted by atomic mass is 35.5. The van der Waals surface area contributed by atoms with Gasteiger partial charge in [-0.1, -0.05) is 23.4 Å². The fraction of sp³-hybridized carbons (Fsp3) is 0.471. The third-order valence-corrected chi connectivity index (χ3v) is 5.18. The number of halogens is 1. The molecule has 0 spiro atoms. The molecule has 0 atom stereocenters. The second-order valence-electron chi connectivity index (χ2n) is 5.99. The van der Waals surface area contributed by atoms with Gasteiger partial charge in [0.05, 0.1) is 6.61 Å². The van der Waals surface area contributed by atoms with Gasteiger partial charge in [0.1, 0.15) is 17.1 Å². The summed E-state index contributed by atoms with van der Waals surface area (Å²) in [6, 6.07) is 5.48. The Hall–Kier alpha value is -1.73. The minimum absolute atomic E-state index is 0.269. The normalized spacial score (nSPS) is 11.4. The number of carbonyl (C=O) groups is 1. The second-order valence-corrected chi connectivity index (χ2v) is 7.99. The lowest BCUT2D eigenvalue weighted by Crippen LogP contribution is -2.30. The monoisotopic (exact) mass is 383 g/mol. The highest BCUT2D eigenvalue weighted by Crippen LogP contribution is 2.32. The van der Waals surface area contributed by atoms with Crippen LogP contribution in [0.1, 0.15) is 32.2 Å². The zero-order valence-corrected chi connectivity index (χ0v) is 16.6. The summed E-state index contributed by atoms with van der Waals surface area (Å²) < 4.78 is 11.9. The molecule has 136 valence electrons. The van der Waals surface area contributed by atoms with Crippen LogP contribution >= 0.6 is 23.4 Å². The third-order valence-electron chi connectivity index (χ3n) is 3.54. The summed E-state index contributed by atoms with van der Waals surface area (Å²) in [5.74, 6) is 1.10. The van der Waals surface area contributed by atoms with Crippen molar-refractivity contribution in [3.63, 3.8) is 0 Å². The lowest BCUT2D eigenvalue weighted by Gasteiger charge is -2.20. The minimum Gasteiger partial charge on any atom is -0.486 e. The van der Waals surface area contributed by atoms with Crippen LogP contribution in [0.3, 0.4) is 0 Å². The van der Waals surface area contributed by atoms with Crippen LogP contribution in [-0.4, -0.2) is 32.1 Å². The molecule has 1 aromatic carbocycles. The van der Waals surface area contributed by atoms with E-state index < -0.39 is 4.75 Å². The van der Waals surface area contributed by atoms with Crippen molar-refractivity contribution in [1.29, 1.82) is 0 Å². The number of hydrogen-bond acceptors (Lipinski definition) is 6. The van der Waals surface area contributed by atoms with Gasteiger partial charge in [0.15, 0.2) is 11.0 Å². The molecule has 1 heterocycles. The zero-order chi connectivity index (χ0) is 18.6. The number of thioether (sulfide) groups is 1. The van der Waals surface area contributed by atoms with E-state index in [2.05, 4.69) is 10.2 Å². The molecule has 0 saturated carbocycles. The Morgan fingerprint density at radius 3 is 2.72 bits per heavy atom. The Balaban J connectivity index is 2.05. The first kappa shape index (κ1) is 19.6. The van der Waals surface area contributed by atoms with Crippen LogP contribution in [0, 0.1) is 6.92 Å². The first-order chi connectivity index (χ1) is 11.7. The number of rotatable bonds is 7. The highest BCUT2D eigenvalue weighted by molar-refractivity contribution is 8.01. The molecule has 0 N–H and O–H groups in total. The largest absolute Gasteiger partial charge is 0.486 e. The Bertz CT molecular complexity index is 762. The van der Waals surface area contributed by atoms with E-state index in [-0.39, 0.29) is 12.6 Å². The summed E-state index contributed by atoms with van der Waals surface area (Å²) in [7, 11) is 1.84. The molecule has 6 nitrogen and oxygen atoms in total. The number of esters is 1. The van der Waals surface area contributed by atoms with E-state index in [4.69, 9.17) is 21.1 Å². The summed E-state index contributed by atoms with van der Waals surface area (Å²) in [6.45, 7) is 7.93. The average molecular weight is 384 g/mol. The smallest absolute Gasteiger partial charge is 0.322 e. The first-order valence-corrected chi connectivity index (χ1v) is 9.07. The van der Waals surface area contributed by atoms with Crippen molar-refractivity contribution < 1.29 is 14.3 Å². The van der Waals surface area contributed by atoms with Gasteiger partial charge in [-0.05, 0) is 51.5 Å². The average Bonchev–Trinajstić information content (AvgIpc) is 2.89. The molecule has 0 aliphatic rings. The van der Waals surface area contributed by atoms with Crippen molar-refractivity contribution in [2.45, 2.75) is 44.2 Å². The van der Waals surface area contributed by atoms with Crippen LogP contribution in [-0.2, 0) is 23.2 Å². The van der Waals surface area contributed by atoms with Crippen molar-refractivity contribution in [3.05, 3.63) is 34.6 Å². The van der Waals surface area contributed by atoms with Crippen LogP contribution < -0.4 is 4.74 Å². The molecule has 0 amide bonds. The Morgan fingerprint density at radius 2 is 2.08 bits per heavy atom. The maximum absolute atomic E-state index is 12.0. The van der Waals surface area contributed by atoms with Crippen LogP contribution in [0.25, 0.3) is 0 Å². The topological polar surface area (TPSA) is 66.2 Å². The lowest BCUT2D eigenvalue weighted by atomic mass is 10.2. The standard InChI is InChI=1S/C17H22ClN3O3S/c1-6-23-15(22)17(3,4)25-16-20-19-14(21(16)5)10-24-12-7-8-13(18)11(2)9-12/h7-9H,6,10H2,1-5H3. The molecule has 1 aromatic heterocycles. The minimum atomic E-state index is -0.748. The van der Waals surface area contributed by atoms with E-state index in [1.807, 2.05) is 30.7 Å². The number of aromatic nitrogens is 3. The van der Waals surface area contributed by atoms with Gasteiger partial charge in [0, 0.05) is 12.1 Å². The zero-order valence-electron chi connectivity index (χ0n) is 15.0. The maximum Gasteiger partial charge on any atom is 0.322 e. The molecule has 2 aromatic rings. The predicted octanol–water partition coefficient (Wildman–Crippen LogP) is 3.79. The summed E-state index contributed by atoms with van der Waals surface area (Å²) in [4.78, 5) is 12.0. The number of hydrogen-bond donors (Lipinski definition) is 0. The molecular weight excluding hydrogens is 362 g/mol. The number of aryl methyl sites for hydroxylation is 1. The van der Waals surface area contributed by atoms with Crippen LogP contribution in [0.4, 0.5) is 0 Å². The number of carbonyl (C=O) groups excluding carboxylic acids is 1. The summed E-state index contributed by atoms with van der Waals surface area (Å²) in [5.41, 5.74) is 0.949. The van der Waals surface area contributed by atoms with Crippen LogP contribution in [0.5, 0.6) is 5.75 Å². The molecule has 0 unspecified atom stereocenters. The quantitative estimate of drug-likeness (QED) is 0.535. The molecule has 0 fully saturated rings. The van der Waals surface area contributed by atoms with Crippen molar-refractivity contribution in [3.8, 4) is 5.75 Å². The van der Waals surface area contributed by atoms with E-state index in [9.17, 15) is 4.79 Å². The van der Waals surface area contributed by atoms with Gasteiger partial charge in [0.2, 0.25) is 0 Å². The maximum atomic E-state index is 12.0. The summed E-state index contributed by atoms with van der Waals surface area (Å²) in [6.07, 6.45) is 0. The number of benzene rings is 1. The van der Waals surface area contributed by atoms with Gasteiger partial charge in [-0.2, -0.15) is 0 Å². The fourth-order valence-corrected chi connectivity index (χ4v) is 3.03. The molecule has 8 heteroatoms. The van der Waals surface area contributed by atoms with Gasteiger partial charge >= 0.3 is 5.97 Å². The number of nitrogens with zero attached hydrogens (tertiary/aromatic N) is 3. The first-order valence-electron chi connectivity index (χ1n) is 7.88. The van der Waals surface area contributed by atoms with Crippen molar-refractivity contribution in [1.82, 2.24) is 14.8 Å². The van der Waals surface area contributed by atoms with Gasteiger partial charge in [0.25, 0.3) is 0 Å². The molecule has 0 aliphatic heterocycles. The fourth-order valence-electron chi connectivity index (χ4n) is 1.99. The predicted molar refractivity (Wildman–Crippen MR) is 98.1 cm³/mol.